The Kier molecular flexibility index (Phi) is 5.57. The summed E-state index contributed by atoms with van der Waals surface area (Å²) in [7, 11) is 0. The average Bonchev–Trinajstić information content (AvgIpc) is 3.39. The molecule has 1 saturated carbocycles. The van der Waals surface area contributed by atoms with Gasteiger partial charge in [0.1, 0.15) is 5.15 Å². The third kappa shape index (κ3) is 4.37. The first-order valence-electron chi connectivity index (χ1n) is 12.3. The number of hydrogen-bond donors (Lipinski definition) is 1. The Morgan fingerprint density at radius 3 is 2.75 bits per heavy atom. The summed E-state index contributed by atoms with van der Waals surface area (Å²) in [6.07, 6.45) is 6.68. The molecule has 1 aliphatic carbocycles. The van der Waals surface area contributed by atoms with E-state index in [2.05, 4.69) is 42.6 Å². The van der Waals surface area contributed by atoms with E-state index in [1.807, 2.05) is 32.9 Å². The zero-order valence-electron chi connectivity index (χ0n) is 20.5. The van der Waals surface area contributed by atoms with Crippen molar-refractivity contribution in [2.75, 3.05) is 6.54 Å². The molecule has 1 aliphatic heterocycles. The average molecular weight is 506 g/mol. The van der Waals surface area contributed by atoms with Crippen molar-refractivity contribution in [2.45, 2.75) is 64.1 Å². The molecule has 0 radical (unpaired) electrons. The van der Waals surface area contributed by atoms with E-state index in [1.165, 1.54) is 18.4 Å². The van der Waals surface area contributed by atoms with E-state index < -0.39 is 0 Å². The number of aromatic nitrogens is 5. The number of benzene rings is 1. The maximum atomic E-state index is 13.1. The van der Waals surface area contributed by atoms with E-state index in [-0.39, 0.29) is 23.3 Å². The fourth-order valence-corrected chi connectivity index (χ4v) is 5.01. The number of carbonyl (C=O) groups is 1. The zero-order chi connectivity index (χ0) is 25.0. The largest absolute Gasteiger partial charge is 0.341 e. The van der Waals surface area contributed by atoms with Crippen molar-refractivity contribution in [1.29, 1.82) is 0 Å². The first-order chi connectivity index (χ1) is 17.3. The van der Waals surface area contributed by atoms with Gasteiger partial charge in [-0.15, -0.1) is 0 Å². The van der Waals surface area contributed by atoms with Gasteiger partial charge in [0.15, 0.2) is 5.82 Å². The molecule has 1 aromatic carbocycles. The Balaban J connectivity index is 1.34. The second-order valence-electron chi connectivity index (χ2n) is 10.7. The highest BCUT2D eigenvalue weighted by Crippen LogP contribution is 2.36. The highest BCUT2D eigenvalue weighted by Gasteiger charge is 2.34. The predicted octanol–water partition coefficient (Wildman–Crippen LogP) is 4.57. The molecule has 0 unspecified atom stereocenters. The Morgan fingerprint density at radius 2 is 2.00 bits per heavy atom. The van der Waals surface area contributed by atoms with E-state index in [1.54, 1.807) is 16.9 Å². The summed E-state index contributed by atoms with van der Waals surface area (Å²) < 4.78 is 7.03. The molecular formula is C26H28ClN7O2. The lowest BCUT2D eigenvalue weighted by molar-refractivity contribution is 0.0888. The van der Waals surface area contributed by atoms with Crippen LogP contribution in [0.15, 0.2) is 41.2 Å². The molecule has 4 heterocycles. The van der Waals surface area contributed by atoms with Crippen molar-refractivity contribution < 1.29 is 9.32 Å². The van der Waals surface area contributed by atoms with Gasteiger partial charge in [-0.1, -0.05) is 49.7 Å². The number of hydrogen-bond acceptors (Lipinski definition) is 7. The number of rotatable bonds is 4. The van der Waals surface area contributed by atoms with Crippen LogP contribution in [0.25, 0.3) is 16.8 Å². The lowest BCUT2D eigenvalue weighted by Gasteiger charge is -2.19. The second kappa shape index (κ2) is 8.67. The normalized spacial score (nSPS) is 18.7. The molecule has 4 aromatic rings. The molecule has 186 valence electrons. The molecule has 1 fully saturated rings. The van der Waals surface area contributed by atoms with Crippen LogP contribution >= 0.6 is 11.6 Å². The lowest BCUT2D eigenvalue weighted by Crippen LogP contribution is -2.31. The molecule has 1 atom stereocenters. The highest BCUT2D eigenvalue weighted by atomic mass is 35.5. The minimum absolute atomic E-state index is 0.00681. The molecule has 1 N–H and O–H groups in total. The van der Waals surface area contributed by atoms with Crippen molar-refractivity contribution in [2.24, 2.45) is 0 Å². The van der Waals surface area contributed by atoms with Crippen LogP contribution in [0, 0.1) is 0 Å². The molecule has 3 aromatic heterocycles. The second-order valence-corrected chi connectivity index (χ2v) is 11.1. The van der Waals surface area contributed by atoms with Crippen molar-refractivity contribution in [1.82, 2.24) is 35.0 Å². The van der Waals surface area contributed by atoms with Crippen LogP contribution in [0.5, 0.6) is 0 Å². The van der Waals surface area contributed by atoms with E-state index in [4.69, 9.17) is 16.1 Å². The van der Waals surface area contributed by atoms with Crippen LogP contribution in [0.1, 0.15) is 73.7 Å². The van der Waals surface area contributed by atoms with Gasteiger partial charge in [0.2, 0.25) is 0 Å². The zero-order valence-corrected chi connectivity index (χ0v) is 21.3. The molecule has 36 heavy (non-hydrogen) atoms. The predicted molar refractivity (Wildman–Crippen MR) is 135 cm³/mol. The minimum Gasteiger partial charge on any atom is -0.341 e. The van der Waals surface area contributed by atoms with Crippen LogP contribution in [0.4, 0.5) is 0 Å². The standard InChI is InChI=1S/C26H28ClN7O2/c1-26(2,3)25-31-24(36-32-25)23(35)29-19-9-11-33(17-5-6-17)13-16-12-15(4-7-18(16)19)22-20-8-10-28-34(20)14-21(27)30-22/h4,7-8,10,12,14,17,19H,5-6,9,11,13H2,1-3H3,(H,29,35)/t19-/m1/s1. The number of halogens is 1. The van der Waals surface area contributed by atoms with Crippen LogP contribution in [-0.2, 0) is 12.0 Å². The maximum absolute atomic E-state index is 13.1. The maximum Gasteiger partial charge on any atom is 0.315 e. The van der Waals surface area contributed by atoms with Crippen LogP contribution in [-0.4, -0.2) is 48.1 Å². The molecule has 2 aliphatic rings. The number of fused-ring (bicyclic) bond motifs is 2. The van der Waals surface area contributed by atoms with E-state index in [0.29, 0.717) is 17.0 Å². The third-order valence-electron chi connectivity index (χ3n) is 6.89. The fraction of sp³-hybridized carbons (Fsp3) is 0.423. The molecule has 1 amide bonds. The van der Waals surface area contributed by atoms with E-state index in [0.717, 1.165) is 41.8 Å². The minimum atomic E-state index is -0.352. The van der Waals surface area contributed by atoms with Gasteiger partial charge in [0.05, 0.1) is 29.6 Å². The van der Waals surface area contributed by atoms with Crippen molar-refractivity contribution in [3.63, 3.8) is 0 Å². The topological polar surface area (TPSA) is 101 Å². The number of nitrogens with zero attached hydrogens (tertiary/aromatic N) is 6. The van der Waals surface area contributed by atoms with Gasteiger partial charge in [-0.05, 0) is 42.5 Å². The van der Waals surface area contributed by atoms with Gasteiger partial charge in [-0.3, -0.25) is 9.69 Å². The summed E-state index contributed by atoms with van der Waals surface area (Å²) in [6.45, 7) is 7.68. The summed E-state index contributed by atoms with van der Waals surface area (Å²) in [5.74, 6) is 0.154. The smallest absolute Gasteiger partial charge is 0.315 e. The van der Waals surface area contributed by atoms with Crippen LogP contribution < -0.4 is 5.32 Å². The third-order valence-corrected chi connectivity index (χ3v) is 7.07. The summed E-state index contributed by atoms with van der Waals surface area (Å²) in [6, 6.07) is 8.67. The molecule has 10 heteroatoms. The molecule has 6 rings (SSSR count). The molecule has 0 bridgehead atoms. The number of amides is 1. The molecule has 0 saturated heterocycles. The van der Waals surface area contributed by atoms with Crippen LogP contribution in [0.3, 0.4) is 0 Å². The quantitative estimate of drug-likeness (QED) is 0.433. The highest BCUT2D eigenvalue weighted by molar-refractivity contribution is 6.29. The Morgan fingerprint density at radius 1 is 1.17 bits per heavy atom. The van der Waals surface area contributed by atoms with Gasteiger partial charge >= 0.3 is 11.8 Å². The monoisotopic (exact) mass is 505 g/mol. The van der Waals surface area contributed by atoms with Crippen LogP contribution in [0.2, 0.25) is 5.15 Å². The Bertz CT molecular complexity index is 1450. The molecule has 9 nitrogen and oxygen atoms in total. The Hall–Kier alpha value is -3.30. The van der Waals surface area contributed by atoms with Gasteiger partial charge < -0.3 is 9.84 Å². The summed E-state index contributed by atoms with van der Waals surface area (Å²) in [5.41, 5.74) is 4.61. The van der Waals surface area contributed by atoms with Crippen molar-refractivity contribution >= 4 is 23.0 Å². The number of carbonyl (C=O) groups excluding carboxylic acids is 1. The Labute approximate surface area is 213 Å². The number of nitrogens with one attached hydrogen (secondary N) is 1. The van der Waals surface area contributed by atoms with Gasteiger partial charge in [0, 0.05) is 30.1 Å². The SMILES string of the molecule is CC(C)(C)c1noc(C(=O)N[C@@H]2CCN(C3CC3)Cc3cc(-c4nc(Cl)cn5nccc45)ccc32)n1. The lowest BCUT2D eigenvalue weighted by atomic mass is 9.95. The van der Waals surface area contributed by atoms with Crippen molar-refractivity contribution in [3.8, 4) is 11.3 Å². The van der Waals surface area contributed by atoms with Crippen molar-refractivity contribution in [3.05, 3.63) is 64.7 Å². The summed E-state index contributed by atoms with van der Waals surface area (Å²) in [4.78, 5) is 24.5. The van der Waals surface area contributed by atoms with E-state index in [9.17, 15) is 4.79 Å². The fourth-order valence-electron chi connectivity index (χ4n) is 4.83. The van der Waals surface area contributed by atoms with Gasteiger partial charge in [-0.25, -0.2) is 9.50 Å². The summed E-state index contributed by atoms with van der Waals surface area (Å²) >= 11 is 6.29. The van der Waals surface area contributed by atoms with Gasteiger partial charge in [0.25, 0.3) is 0 Å². The first kappa shape index (κ1) is 23.1. The van der Waals surface area contributed by atoms with Gasteiger partial charge in [-0.2, -0.15) is 10.1 Å². The van der Waals surface area contributed by atoms with E-state index >= 15 is 0 Å². The molecule has 0 spiro atoms. The molecular weight excluding hydrogens is 478 g/mol. The first-order valence-corrected chi connectivity index (χ1v) is 12.7. The summed E-state index contributed by atoms with van der Waals surface area (Å²) in [5, 5.41) is 11.9.